The van der Waals surface area contributed by atoms with E-state index in [9.17, 15) is 4.39 Å². The number of aromatic nitrogens is 1. The summed E-state index contributed by atoms with van der Waals surface area (Å²) in [7, 11) is 0. The minimum Gasteiger partial charge on any atom is -0.490 e. The number of pyridine rings is 1. The van der Waals surface area contributed by atoms with Crippen LogP contribution in [0.3, 0.4) is 0 Å². The molecule has 0 fully saturated rings. The lowest BCUT2D eigenvalue weighted by molar-refractivity contribution is 0.216. The highest BCUT2D eigenvalue weighted by Crippen LogP contribution is 2.11. The number of nitrogens with zero attached hydrogens (tertiary/aromatic N) is 1. The van der Waals surface area contributed by atoms with Gasteiger partial charge in [-0.05, 0) is 43.3 Å². The fourth-order valence-corrected chi connectivity index (χ4v) is 1.39. The quantitative estimate of drug-likeness (QED) is 0.761. The summed E-state index contributed by atoms with van der Waals surface area (Å²) in [5.41, 5.74) is 0.949. The van der Waals surface area contributed by atoms with E-state index in [2.05, 4.69) is 4.98 Å². The lowest BCUT2D eigenvalue weighted by atomic mass is 10.3. The second-order valence-corrected chi connectivity index (χ2v) is 3.79. The van der Waals surface area contributed by atoms with Gasteiger partial charge in [-0.1, -0.05) is 0 Å². The summed E-state index contributed by atoms with van der Waals surface area (Å²) in [6, 6.07) is 9.64. The van der Waals surface area contributed by atoms with Gasteiger partial charge in [-0.2, -0.15) is 0 Å². The Balaban J connectivity index is 1.73. The van der Waals surface area contributed by atoms with E-state index in [1.165, 1.54) is 12.1 Å². The minimum atomic E-state index is -0.274. The maximum Gasteiger partial charge on any atom is 0.137 e. The van der Waals surface area contributed by atoms with E-state index in [-0.39, 0.29) is 5.82 Å². The van der Waals surface area contributed by atoms with Crippen molar-refractivity contribution in [3.63, 3.8) is 0 Å². The number of halogens is 1. The SMILES string of the molecule is Cc1ccc(OCCOc2ccc(F)cc2)cn1. The van der Waals surface area contributed by atoms with E-state index in [4.69, 9.17) is 9.47 Å². The molecule has 0 aliphatic heterocycles. The number of aryl methyl sites for hydroxylation is 1. The molecule has 18 heavy (non-hydrogen) atoms. The van der Waals surface area contributed by atoms with Gasteiger partial charge in [0.05, 0.1) is 6.20 Å². The monoisotopic (exact) mass is 247 g/mol. The number of rotatable bonds is 5. The van der Waals surface area contributed by atoms with Gasteiger partial charge in [0.25, 0.3) is 0 Å². The normalized spacial score (nSPS) is 10.1. The van der Waals surface area contributed by atoms with E-state index in [1.807, 2.05) is 19.1 Å². The van der Waals surface area contributed by atoms with E-state index < -0.39 is 0 Å². The van der Waals surface area contributed by atoms with Gasteiger partial charge in [-0.3, -0.25) is 4.98 Å². The fraction of sp³-hybridized carbons (Fsp3) is 0.214. The molecule has 0 unspecified atom stereocenters. The zero-order chi connectivity index (χ0) is 12.8. The Morgan fingerprint density at radius 2 is 1.56 bits per heavy atom. The van der Waals surface area contributed by atoms with Crippen LogP contribution in [-0.4, -0.2) is 18.2 Å². The Labute approximate surface area is 105 Å². The number of hydrogen-bond donors (Lipinski definition) is 0. The molecule has 4 heteroatoms. The molecular formula is C14H14FNO2. The van der Waals surface area contributed by atoms with Crippen molar-refractivity contribution in [3.05, 3.63) is 54.1 Å². The van der Waals surface area contributed by atoms with Gasteiger partial charge < -0.3 is 9.47 Å². The lowest BCUT2D eigenvalue weighted by Gasteiger charge is -2.08. The first kappa shape index (κ1) is 12.4. The zero-order valence-electron chi connectivity index (χ0n) is 10.1. The van der Waals surface area contributed by atoms with Crippen LogP contribution >= 0.6 is 0 Å². The molecule has 2 aromatic rings. The van der Waals surface area contributed by atoms with Crippen molar-refractivity contribution in [3.8, 4) is 11.5 Å². The molecule has 1 aromatic heterocycles. The number of benzene rings is 1. The highest BCUT2D eigenvalue weighted by atomic mass is 19.1. The Bertz CT molecular complexity index is 435. The molecule has 3 nitrogen and oxygen atoms in total. The van der Waals surface area contributed by atoms with Crippen LogP contribution in [0.4, 0.5) is 4.39 Å². The Kier molecular flexibility index (Phi) is 4.12. The first-order chi connectivity index (χ1) is 8.74. The van der Waals surface area contributed by atoms with Crippen LogP contribution in [0.2, 0.25) is 0 Å². The first-order valence-corrected chi connectivity index (χ1v) is 5.68. The zero-order valence-corrected chi connectivity index (χ0v) is 10.1. The van der Waals surface area contributed by atoms with Crippen molar-refractivity contribution in [2.75, 3.05) is 13.2 Å². The van der Waals surface area contributed by atoms with Crippen LogP contribution in [0.5, 0.6) is 11.5 Å². The summed E-state index contributed by atoms with van der Waals surface area (Å²) in [6.07, 6.45) is 1.67. The van der Waals surface area contributed by atoms with Crippen LogP contribution in [0.15, 0.2) is 42.6 Å². The molecule has 0 saturated heterocycles. The standard InChI is InChI=1S/C14H14FNO2/c1-11-2-5-14(10-16-11)18-9-8-17-13-6-3-12(15)4-7-13/h2-7,10H,8-9H2,1H3. The summed E-state index contributed by atoms with van der Waals surface area (Å²) in [5.74, 6) is 1.06. The Morgan fingerprint density at radius 1 is 0.944 bits per heavy atom. The molecule has 0 saturated carbocycles. The van der Waals surface area contributed by atoms with E-state index >= 15 is 0 Å². The maximum absolute atomic E-state index is 12.6. The second-order valence-electron chi connectivity index (χ2n) is 3.79. The molecule has 0 amide bonds. The summed E-state index contributed by atoms with van der Waals surface area (Å²) in [5, 5.41) is 0. The molecule has 0 atom stereocenters. The van der Waals surface area contributed by atoms with Crippen LogP contribution in [0, 0.1) is 12.7 Å². The molecule has 0 spiro atoms. The predicted octanol–water partition coefficient (Wildman–Crippen LogP) is 2.99. The van der Waals surface area contributed by atoms with Crippen LogP contribution in [0.1, 0.15) is 5.69 Å². The van der Waals surface area contributed by atoms with Crippen molar-refractivity contribution in [1.82, 2.24) is 4.98 Å². The molecular weight excluding hydrogens is 233 g/mol. The third-order valence-corrected chi connectivity index (χ3v) is 2.32. The molecule has 1 heterocycles. The van der Waals surface area contributed by atoms with Crippen molar-refractivity contribution < 1.29 is 13.9 Å². The van der Waals surface area contributed by atoms with E-state index in [1.54, 1.807) is 18.3 Å². The van der Waals surface area contributed by atoms with Gasteiger partial charge in [-0.25, -0.2) is 4.39 Å². The molecule has 0 N–H and O–H groups in total. The van der Waals surface area contributed by atoms with Gasteiger partial charge in [0.1, 0.15) is 30.5 Å². The van der Waals surface area contributed by atoms with Crippen molar-refractivity contribution >= 4 is 0 Å². The average molecular weight is 247 g/mol. The predicted molar refractivity (Wildman–Crippen MR) is 66.4 cm³/mol. The van der Waals surface area contributed by atoms with Crippen LogP contribution in [0.25, 0.3) is 0 Å². The summed E-state index contributed by atoms with van der Waals surface area (Å²) < 4.78 is 23.5. The van der Waals surface area contributed by atoms with Crippen molar-refractivity contribution in [2.45, 2.75) is 6.92 Å². The number of hydrogen-bond acceptors (Lipinski definition) is 3. The summed E-state index contributed by atoms with van der Waals surface area (Å²) in [6.45, 7) is 2.74. The minimum absolute atomic E-state index is 0.274. The number of ether oxygens (including phenoxy) is 2. The topological polar surface area (TPSA) is 31.4 Å². The van der Waals surface area contributed by atoms with Crippen LogP contribution < -0.4 is 9.47 Å². The second kappa shape index (κ2) is 6.00. The van der Waals surface area contributed by atoms with Crippen molar-refractivity contribution in [2.24, 2.45) is 0 Å². The molecule has 0 bridgehead atoms. The third kappa shape index (κ3) is 3.73. The summed E-state index contributed by atoms with van der Waals surface area (Å²) >= 11 is 0. The van der Waals surface area contributed by atoms with Gasteiger partial charge >= 0.3 is 0 Å². The Hall–Kier alpha value is -2.10. The van der Waals surface area contributed by atoms with E-state index in [0.29, 0.717) is 24.7 Å². The van der Waals surface area contributed by atoms with E-state index in [0.717, 1.165) is 5.69 Å². The molecule has 0 aliphatic carbocycles. The molecule has 2 rings (SSSR count). The van der Waals surface area contributed by atoms with Crippen LogP contribution in [-0.2, 0) is 0 Å². The van der Waals surface area contributed by atoms with Gasteiger partial charge in [-0.15, -0.1) is 0 Å². The van der Waals surface area contributed by atoms with Gasteiger partial charge in [0, 0.05) is 5.69 Å². The molecule has 0 aliphatic rings. The maximum atomic E-state index is 12.6. The first-order valence-electron chi connectivity index (χ1n) is 5.68. The largest absolute Gasteiger partial charge is 0.490 e. The summed E-state index contributed by atoms with van der Waals surface area (Å²) in [4.78, 5) is 4.12. The van der Waals surface area contributed by atoms with Gasteiger partial charge in [0.15, 0.2) is 0 Å². The molecule has 0 radical (unpaired) electrons. The molecule has 94 valence electrons. The molecule has 1 aromatic carbocycles. The highest BCUT2D eigenvalue weighted by molar-refractivity contribution is 5.22. The third-order valence-electron chi connectivity index (χ3n) is 2.32. The smallest absolute Gasteiger partial charge is 0.137 e. The Morgan fingerprint density at radius 3 is 2.17 bits per heavy atom. The fourth-order valence-electron chi connectivity index (χ4n) is 1.39. The van der Waals surface area contributed by atoms with Gasteiger partial charge in [0.2, 0.25) is 0 Å². The highest BCUT2D eigenvalue weighted by Gasteiger charge is 1.96. The average Bonchev–Trinajstić information content (AvgIpc) is 2.39. The van der Waals surface area contributed by atoms with Crippen molar-refractivity contribution in [1.29, 1.82) is 0 Å². The lowest BCUT2D eigenvalue weighted by Crippen LogP contribution is -2.09.